The van der Waals surface area contributed by atoms with Crippen molar-refractivity contribution in [3.05, 3.63) is 41.6 Å². The fourth-order valence-corrected chi connectivity index (χ4v) is 3.11. The van der Waals surface area contributed by atoms with Gasteiger partial charge in [0.25, 0.3) is 0 Å². The maximum Gasteiger partial charge on any atom is 0.229 e. The van der Waals surface area contributed by atoms with Crippen molar-refractivity contribution in [3.63, 3.8) is 0 Å². The molecule has 1 aromatic carbocycles. The SMILES string of the molecule is CCCc1cc(N2CCC(CN)C2)nc(Nc2cccc(C#N)c2)n1. The standard InChI is InChI=1S/C19H24N6/c1-2-4-16-10-18(25-8-7-15(12-21)13-25)24-19(22-16)23-17-6-3-5-14(9-17)11-20/h3,5-6,9-10,15H,2,4,7-8,12-13,21H2,1H3,(H,22,23,24). The fraction of sp³-hybridized carbons (Fsp3) is 0.421. The minimum Gasteiger partial charge on any atom is -0.356 e. The zero-order valence-electron chi connectivity index (χ0n) is 14.6. The van der Waals surface area contributed by atoms with Crippen molar-refractivity contribution in [2.75, 3.05) is 29.9 Å². The fourth-order valence-electron chi connectivity index (χ4n) is 3.11. The summed E-state index contributed by atoms with van der Waals surface area (Å²) < 4.78 is 0. The average Bonchev–Trinajstić information content (AvgIpc) is 3.11. The molecule has 2 heterocycles. The van der Waals surface area contributed by atoms with E-state index < -0.39 is 0 Å². The molecule has 0 saturated carbocycles. The minimum absolute atomic E-state index is 0.535. The van der Waals surface area contributed by atoms with E-state index in [0.717, 1.165) is 56.1 Å². The molecular formula is C19H24N6. The Labute approximate surface area is 148 Å². The second-order valence-electron chi connectivity index (χ2n) is 6.45. The number of benzene rings is 1. The molecule has 1 saturated heterocycles. The van der Waals surface area contributed by atoms with Gasteiger partial charge >= 0.3 is 0 Å². The lowest BCUT2D eigenvalue weighted by atomic mass is 10.1. The van der Waals surface area contributed by atoms with Gasteiger partial charge in [0.1, 0.15) is 5.82 Å². The first kappa shape index (κ1) is 17.2. The zero-order chi connectivity index (χ0) is 17.6. The monoisotopic (exact) mass is 336 g/mol. The smallest absolute Gasteiger partial charge is 0.229 e. The van der Waals surface area contributed by atoms with Crippen LogP contribution in [-0.4, -0.2) is 29.6 Å². The summed E-state index contributed by atoms with van der Waals surface area (Å²) in [7, 11) is 0. The van der Waals surface area contributed by atoms with Gasteiger partial charge in [-0.25, -0.2) is 4.98 Å². The first-order chi connectivity index (χ1) is 12.2. The van der Waals surface area contributed by atoms with E-state index in [0.29, 0.717) is 17.4 Å². The van der Waals surface area contributed by atoms with Gasteiger partial charge in [-0.15, -0.1) is 0 Å². The Kier molecular flexibility index (Phi) is 5.46. The van der Waals surface area contributed by atoms with Gasteiger partial charge in [-0.1, -0.05) is 19.4 Å². The highest BCUT2D eigenvalue weighted by Crippen LogP contribution is 2.25. The van der Waals surface area contributed by atoms with Crippen molar-refractivity contribution >= 4 is 17.5 Å². The minimum atomic E-state index is 0.535. The normalized spacial score (nSPS) is 16.7. The number of anilines is 3. The van der Waals surface area contributed by atoms with E-state index >= 15 is 0 Å². The zero-order valence-corrected chi connectivity index (χ0v) is 14.6. The molecule has 0 aliphatic carbocycles. The predicted octanol–water partition coefficient (Wildman–Crippen LogP) is 2.83. The highest BCUT2D eigenvalue weighted by Gasteiger charge is 2.23. The number of rotatable bonds is 6. The van der Waals surface area contributed by atoms with E-state index in [1.807, 2.05) is 12.1 Å². The predicted molar refractivity (Wildman–Crippen MR) is 99.8 cm³/mol. The van der Waals surface area contributed by atoms with Gasteiger partial charge in [-0.2, -0.15) is 10.2 Å². The second-order valence-corrected chi connectivity index (χ2v) is 6.45. The van der Waals surface area contributed by atoms with Gasteiger partial charge in [-0.3, -0.25) is 0 Å². The second kappa shape index (κ2) is 7.95. The molecule has 1 aliphatic rings. The lowest BCUT2D eigenvalue weighted by Gasteiger charge is -2.19. The maximum absolute atomic E-state index is 9.05. The van der Waals surface area contributed by atoms with E-state index in [1.165, 1.54) is 0 Å². The molecule has 130 valence electrons. The lowest BCUT2D eigenvalue weighted by Crippen LogP contribution is -2.24. The molecule has 25 heavy (non-hydrogen) atoms. The van der Waals surface area contributed by atoms with E-state index in [-0.39, 0.29) is 0 Å². The van der Waals surface area contributed by atoms with Crippen LogP contribution in [0, 0.1) is 17.2 Å². The molecular weight excluding hydrogens is 312 g/mol. The number of hydrogen-bond acceptors (Lipinski definition) is 6. The van der Waals surface area contributed by atoms with Crippen LogP contribution in [0.2, 0.25) is 0 Å². The molecule has 0 bridgehead atoms. The molecule has 2 aromatic rings. The molecule has 3 N–H and O–H groups in total. The molecule has 0 amide bonds. The number of aryl methyl sites for hydroxylation is 1. The van der Waals surface area contributed by atoms with Gasteiger partial charge in [0.15, 0.2) is 0 Å². The Morgan fingerprint density at radius 3 is 2.96 bits per heavy atom. The van der Waals surface area contributed by atoms with Gasteiger partial charge in [0, 0.05) is 30.5 Å². The van der Waals surface area contributed by atoms with Crippen LogP contribution < -0.4 is 16.0 Å². The van der Waals surface area contributed by atoms with Crippen molar-refractivity contribution < 1.29 is 0 Å². The number of hydrogen-bond donors (Lipinski definition) is 2. The van der Waals surface area contributed by atoms with Crippen LogP contribution in [0.5, 0.6) is 0 Å². The molecule has 1 aromatic heterocycles. The molecule has 1 aliphatic heterocycles. The van der Waals surface area contributed by atoms with Crippen LogP contribution in [-0.2, 0) is 6.42 Å². The van der Waals surface area contributed by atoms with E-state index in [1.54, 1.807) is 12.1 Å². The van der Waals surface area contributed by atoms with Crippen LogP contribution in [0.25, 0.3) is 0 Å². The highest BCUT2D eigenvalue weighted by molar-refractivity contribution is 5.58. The summed E-state index contributed by atoms with van der Waals surface area (Å²) in [6.07, 6.45) is 3.05. The summed E-state index contributed by atoms with van der Waals surface area (Å²) in [5, 5.41) is 12.3. The van der Waals surface area contributed by atoms with Crippen molar-refractivity contribution in [1.29, 1.82) is 5.26 Å². The number of aromatic nitrogens is 2. The van der Waals surface area contributed by atoms with E-state index in [2.05, 4.69) is 34.3 Å². The molecule has 3 rings (SSSR count). The van der Waals surface area contributed by atoms with Crippen molar-refractivity contribution in [1.82, 2.24) is 9.97 Å². The van der Waals surface area contributed by atoms with E-state index in [4.69, 9.17) is 16.0 Å². The average molecular weight is 336 g/mol. The third-order valence-electron chi connectivity index (χ3n) is 4.46. The van der Waals surface area contributed by atoms with Crippen molar-refractivity contribution in [3.8, 4) is 6.07 Å². The van der Waals surface area contributed by atoms with Crippen LogP contribution in [0.4, 0.5) is 17.5 Å². The summed E-state index contributed by atoms with van der Waals surface area (Å²) >= 11 is 0. The number of nitrogens with zero attached hydrogens (tertiary/aromatic N) is 4. The van der Waals surface area contributed by atoms with Crippen LogP contribution >= 0.6 is 0 Å². The lowest BCUT2D eigenvalue weighted by molar-refractivity contribution is 0.602. The molecule has 1 atom stereocenters. The quantitative estimate of drug-likeness (QED) is 0.843. The largest absolute Gasteiger partial charge is 0.356 e. The topological polar surface area (TPSA) is 90.9 Å². The summed E-state index contributed by atoms with van der Waals surface area (Å²) in [4.78, 5) is 11.6. The summed E-state index contributed by atoms with van der Waals surface area (Å²) in [6.45, 7) is 4.79. The Morgan fingerprint density at radius 1 is 1.36 bits per heavy atom. The maximum atomic E-state index is 9.05. The van der Waals surface area contributed by atoms with Crippen molar-refractivity contribution in [2.45, 2.75) is 26.2 Å². The molecule has 1 fully saturated rings. The number of nitrogens with two attached hydrogens (primary N) is 1. The Hall–Kier alpha value is -2.65. The molecule has 1 unspecified atom stereocenters. The Balaban J connectivity index is 1.86. The van der Waals surface area contributed by atoms with Gasteiger partial charge in [0.2, 0.25) is 5.95 Å². The summed E-state index contributed by atoms with van der Waals surface area (Å²) in [5.74, 6) is 2.06. The van der Waals surface area contributed by atoms with Gasteiger partial charge in [0.05, 0.1) is 11.6 Å². The third-order valence-corrected chi connectivity index (χ3v) is 4.46. The highest BCUT2D eigenvalue weighted by atomic mass is 15.2. The molecule has 0 radical (unpaired) electrons. The summed E-state index contributed by atoms with van der Waals surface area (Å²) in [6, 6.07) is 11.6. The summed E-state index contributed by atoms with van der Waals surface area (Å²) in [5.41, 5.74) is 8.27. The van der Waals surface area contributed by atoms with Crippen LogP contribution in [0.3, 0.4) is 0 Å². The first-order valence-electron chi connectivity index (χ1n) is 8.82. The van der Waals surface area contributed by atoms with Gasteiger partial charge < -0.3 is 16.0 Å². The van der Waals surface area contributed by atoms with Gasteiger partial charge in [-0.05, 0) is 43.5 Å². The van der Waals surface area contributed by atoms with Crippen LogP contribution in [0.15, 0.2) is 30.3 Å². The van der Waals surface area contributed by atoms with Crippen LogP contribution in [0.1, 0.15) is 31.0 Å². The van der Waals surface area contributed by atoms with E-state index in [9.17, 15) is 0 Å². The number of nitrogens with one attached hydrogen (secondary N) is 1. The molecule has 6 nitrogen and oxygen atoms in total. The Morgan fingerprint density at radius 2 is 2.24 bits per heavy atom. The third kappa shape index (κ3) is 4.25. The molecule has 0 spiro atoms. The molecule has 6 heteroatoms. The number of nitriles is 1. The first-order valence-corrected chi connectivity index (χ1v) is 8.82. The van der Waals surface area contributed by atoms with Crippen molar-refractivity contribution in [2.24, 2.45) is 11.7 Å². The Bertz CT molecular complexity index is 767.